The molecule has 1 saturated carbocycles. The third-order valence-electron chi connectivity index (χ3n) is 3.03. The van der Waals surface area contributed by atoms with Gasteiger partial charge in [-0.1, -0.05) is 0 Å². The minimum absolute atomic E-state index is 0.395. The molecule has 3 heteroatoms. The molecule has 1 heterocycles. The topological polar surface area (TPSA) is 38.5 Å². The molecule has 2 N–H and O–H groups in total. The van der Waals surface area contributed by atoms with Crippen LogP contribution in [0.4, 0.5) is 0 Å². The Labute approximate surface area is 73.9 Å². The molecule has 2 aliphatic rings. The lowest BCUT2D eigenvalue weighted by Gasteiger charge is -2.45. The van der Waals surface area contributed by atoms with E-state index in [9.17, 15) is 0 Å². The van der Waals surface area contributed by atoms with Crippen LogP contribution >= 0.6 is 0 Å². The molecule has 0 amide bonds. The van der Waals surface area contributed by atoms with Gasteiger partial charge in [-0.3, -0.25) is 4.90 Å². The van der Waals surface area contributed by atoms with E-state index in [4.69, 9.17) is 10.5 Å². The van der Waals surface area contributed by atoms with Gasteiger partial charge in [0.1, 0.15) is 0 Å². The molecule has 0 aromatic heterocycles. The second-order valence-corrected chi connectivity index (χ2v) is 3.98. The van der Waals surface area contributed by atoms with Crippen molar-refractivity contribution in [1.82, 2.24) is 4.90 Å². The highest BCUT2D eigenvalue weighted by Gasteiger charge is 2.34. The fourth-order valence-electron chi connectivity index (χ4n) is 2.11. The molecule has 0 aromatic rings. The fourth-order valence-corrected chi connectivity index (χ4v) is 2.11. The van der Waals surface area contributed by atoms with Crippen LogP contribution in [0.3, 0.4) is 0 Å². The molecule has 2 rings (SSSR count). The Hall–Kier alpha value is -0.120. The number of rotatable bonds is 1. The zero-order valence-electron chi connectivity index (χ0n) is 7.70. The number of nitrogens with zero attached hydrogens (tertiary/aromatic N) is 1. The van der Waals surface area contributed by atoms with Crippen molar-refractivity contribution in [3.63, 3.8) is 0 Å². The van der Waals surface area contributed by atoms with E-state index >= 15 is 0 Å². The molecule has 3 nitrogen and oxygen atoms in total. The van der Waals surface area contributed by atoms with E-state index in [0.29, 0.717) is 18.2 Å². The van der Waals surface area contributed by atoms with Gasteiger partial charge in [0, 0.05) is 25.2 Å². The van der Waals surface area contributed by atoms with Gasteiger partial charge in [-0.15, -0.1) is 0 Å². The number of morpholine rings is 1. The van der Waals surface area contributed by atoms with Gasteiger partial charge in [0.05, 0.1) is 12.7 Å². The van der Waals surface area contributed by atoms with Crippen LogP contribution in [0, 0.1) is 0 Å². The standard InChI is InChI=1S/C9H18N2O/c1-7-6-11(4-5-12-7)9-3-2-8(9)10/h7-9H,2-6,10H2,1H3. The molecule has 12 heavy (non-hydrogen) atoms. The summed E-state index contributed by atoms with van der Waals surface area (Å²) in [6, 6.07) is 1.08. The van der Waals surface area contributed by atoms with Crippen molar-refractivity contribution in [3.8, 4) is 0 Å². The van der Waals surface area contributed by atoms with Crippen molar-refractivity contribution in [2.45, 2.75) is 38.0 Å². The number of hydrogen-bond acceptors (Lipinski definition) is 3. The third kappa shape index (κ3) is 1.49. The van der Waals surface area contributed by atoms with E-state index in [2.05, 4.69) is 11.8 Å². The largest absolute Gasteiger partial charge is 0.376 e. The highest BCUT2D eigenvalue weighted by Crippen LogP contribution is 2.25. The zero-order valence-corrected chi connectivity index (χ0v) is 7.70. The zero-order chi connectivity index (χ0) is 8.55. The van der Waals surface area contributed by atoms with Gasteiger partial charge in [0.15, 0.2) is 0 Å². The SMILES string of the molecule is CC1CN(C2CCC2N)CCO1. The van der Waals surface area contributed by atoms with Crippen molar-refractivity contribution in [1.29, 1.82) is 0 Å². The maximum absolute atomic E-state index is 5.92. The molecule has 3 unspecified atom stereocenters. The van der Waals surface area contributed by atoms with Crippen LogP contribution < -0.4 is 5.73 Å². The summed E-state index contributed by atoms with van der Waals surface area (Å²) in [6.45, 7) is 5.15. The van der Waals surface area contributed by atoms with Gasteiger partial charge in [0.25, 0.3) is 0 Å². The third-order valence-corrected chi connectivity index (χ3v) is 3.03. The summed E-state index contributed by atoms with van der Waals surface area (Å²) in [5.74, 6) is 0. The minimum atomic E-state index is 0.395. The first-order chi connectivity index (χ1) is 5.77. The van der Waals surface area contributed by atoms with Gasteiger partial charge in [-0.2, -0.15) is 0 Å². The average molecular weight is 170 g/mol. The molecular weight excluding hydrogens is 152 g/mol. The second-order valence-electron chi connectivity index (χ2n) is 3.98. The molecule has 1 saturated heterocycles. The van der Waals surface area contributed by atoms with Crippen LogP contribution in [-0.4, -0.2) is 42.8 Å². The van der Waals surface area contributed by atoms with E-state index in [1.54, 1.807) is 0 Å². The van der Waals surface area contributed by atoms with Gasteiger partial charge >= 0.3 is 0 Å². The molecular formula is C9H18N2O. The van der Waals surface area contributed by atoms with Crippen molar-refractivity contribution >= 4 is 0 Å². The lowest BCUT2D eigenvalue weighted by molar-refractivity contribution is -0.0512. The Morgan fingerprint density at radius 1 is 1.42 bits per heavy atom. The first-order valence-corrected chi connectivity index (χ1v) is 4.88. The van der Waals surface area contributed by atoms with Gasteiger partial charge < -0.3 is 10.5 Å². The van der Waals surface area contributed by atoms with Gasteiger partial charge in [0.2, 0.25) is 0 Å². The molecule has 1 aliphatic heterocycles. The monoisotopic (exact) mass is 170 g/mol. The number of hydrogen-bond donors (Lipinski definition) is 1. The molecule has 0 radical (unpaired) electrons. The predicted octanol–water partition coefficient (Wildman–Crippen LogP) is 0.197. The van der Waals surface area contributed by atoms with Crippen molar-refractivity contribution in [2.24, 2.45) is 5.73 Å². The molecule has 3 atom stereocenters. The van der Waals surface area contributed by atoms with E-state index in [-0.39, 0.29) is 0 Å². The molecule has 0 spiro atoms. The Kier molecular flexibility index (Phi) is 2.35. The fraction of sp³-hybridized carbons (Fsp3) is 1.00. The van der Waals surface area contributed by atoms with Crippen LogP contribution in [0.5, 0.6) is 0 Å². The van der Waals surface area contributed by atoms with Gasteiger partial charge in [-0.25, -0.2) is 0 Å². The summed E-state index contributed by atoms with van der Waals surface area (Å²) in [5.41, 5.74) is 5.92. The molecule has 0 bridgehead atoms. The van der Waals surface area contributed by atoms with Crippen LogP contribution in [0.25, 0.3) is 0 Å². The Morgan fingerprint density at radius 3 is 2.75 bits per heavy atom. The summed E-state index contributed by atoms with van der Waals surface area (Å²) in [7, 11) is 0. The second kappa shape index (κ2) is 3.32. The lowest BCUT2D eigenvalue weighted by atomic mass is 9.85. The summed E-state index contributed by atoms with van der Waals surface area (Å²) < 4.78 is 5.48. The van der Waals surface area contributed by atoms with E-state index < -0.39 is 0 Å². The Morgan fingerprint density at radius 2 is 2.25 bits per heavy atom. The Bertz CT molecular complexity index is 163. The first kappa shape index (κ1) is 8.48. The summed E-state index contributed by atoms with van der Waals surface area (Å²) in [4.78, 5) is 2.49. The highest BCUT2D eigenvalue weighted by molar-refractivity contribution is 4.93. The number of nitrogens with two attached hydrogens (primary N) is 1. The maximum atomic E-state index is 5.92. The van der Waals surface area contributed by atoms with Crippen LogP contribution in [0.2, 0.25) is 0 Å². The van der Waals surface area contributed by atoms with Gasteiger partial charge in [-0.05, 0) is 19.8 Å². The van der Waals surface area contributed by atoms with Crippen molar-refractivity contribution in [2.75, 3.05) is 19.7 Å². The normalized spacial score (nSPS) is 44.0. The average Bonchev–Trinajstić information content (AvgIpc) is 2.02. The minimum Gasteiger partial charge on any atom is -0.376 e. The summed E-state index contributed by atoms with van der Waals surface area (Å²) in [6.07, 6.45) is 2.89. The van der Waals surface area contributed by atoms with E-state index in [1.807, 2.05) is 0 Å². The van der Waals surface area contributed by atoms with Crippen LogP contribution in [0.1, 0.15) is 19.8 Å². The molecule has 2 fully saturated rings. The predicted molar refractivity (Wildman–Crippen MR) is 48.0 cm³/mol. The smallest absolute Gasteiger partial charge is 0.0674 e. The maximum Gasteiger partial charge on any atom is 0.0674 e. The van der Waals surface area contributed by atoms with E-state index in [1.165, 1.54) is 12.8 Å². The Balaban J connectivity index is 1.86. The summed E-state index contributed by atoms with van der Waals surface area (Å²) in [5, 5.41) is 0. The van der Waals surface area contributed by atoms with Crippen LogP contribution in [-0.2, 0) is 4.74 Å². The quantitative estimate of drug-likeness (QED) is 0.611. The van der Waals surface area contributed by atoms with Crippen molar-refractivity contribution in [3.05, 3.63) is 0 Å². The highest BCUT2D eigenvalue weighted by atomic mass is 16.5. The van der Waals surface area contributed by atoms with Crippen LogP contribution in [0.15, 0.2) is 0 Å². The molecule has 70 valence electrons. The summed E-state index contributed by atoms with van der Waals surface area (Å²) >= 11 is 0. The lowest BCUT2D eigenvalue weighted by Crippen LogP contribution is -2.58. The number of ether oxygens (including phenoxy) is 1. The van der Waals surface area contributed by atoms with E-state index in [0.717, 1.165) is 19.7 Å². The van der Waals surface area contributed by atoms with Crippen molar-refractivity contribution < 1.29 is 4.74 Å². The molecule has 0 aromatic carbocycles. The first-order valence-electron chi connectivity index (χ1n) is 4.88. The molecule has 1 aliphatic carbocycles.